The van der Waals surface area contributed by atoms with Crippen molar-refractivity contribution in [2.24, 2.45) is 0 Å². The molecule has 1 N–H and O–H groups in total. The summed E-state index contributed by atoms with van der Waals surface area (Å²) in [5.41, 5.74) is 2.25. The molecule has 98 valence electrons. The summed E-state index contributed by atoms with van der Waals surface area (Å²) in [6, 6.07) is 0.511. The van der Waals surface area contributed by atoms with E-state index in [1.807, 2.05) is 6.92 Å². The number of hydrogen-bond acceptors (Lipinski definition) is 5. The van der Waals surface area contributed by atoms with Gasteiger partial charge in [-0.25, -0.2) is 9.97 Å². The summed E-state index contributed by atoms with van der Waals surface area (Å²) < 4.78 is 0. The summed E-state index contributed by atoms with van der Waals surface area (Å²) in [5.74, 6) is 0. The maximum atomic E-state index is 4.64. The zero-order chi connectivity index (χ0) is 13.1. The number of aromatic nitrogens is 2. The van der Waals surface area contributed by atoms with Crippen LogP contribution in [0.5, 0.6) is 0 Å². The molecule has 0 radical (unpaired) electrons. The second-order valence-electron chi connectivity index (χ2n) is 4.71. The van der Waals surface area contributed by atoms with E-state index in [0.717, 1.165) is 29.4 Å². The number of nitrogens with zero attached hydrogens (tertiary/aromatic N) is 2. The van der Waals surface area contributed by atoms with E-state index in [1.165, 1.54) is 9.88 Å². The molecule has 0 fully saturated rings. The van der Waals surface area contributed by atoms with Crippen molar-refractivity contribution >= 4 is 22.7 Å². The van der Waals surface area contributed by atoms with Gasteiger partial charge in [0.2, 0.25) is 0 Å². The predicted octanol–water partition coefficient (Wildman–Crippen LogP) is 3.31. The molecule has 0 aromatic carbocycles. The zero-order valence-corrected chi connectivity index (χ0v) is 12.9. The average molecular weight is 281 g/mol. The van der Waals surface area contributed by atoms with Crippen LogP contribution in [0, 0.1) is 13.8 Å². The first kappa shape index (κ1) is 13.6. The molecule has 0 saturated carbocycles. The third-order valence-electron chi connectivity index (χ3n) is 2.58. The van der Waals surface area contributed by atoms with Crippen LogP contribution < -0.4 is 5.32 Å². The number of thiazole rings is 2. The standard InChI is InChI=1S/C13H19N3S2/c1-8(2)14-6-11-10(4)16-13(18-11)5-12-15-9(3)7-17-12/h7-8,14H,5-6H2,1-4H3. The fraction of sp³-hybridized carbons (Fsp3) is 0.538. The molecule has 2 rings (SSSR count). The van der Waals surface area contributed by atoms with Gasteiger partial charge in [0.15, 0.2) is 0 Å². The Labute approximate surface area is 116 Å². The van der Waals surface area contributed by atoms with Crippen molar-refractivity contribution in [1.29, 1.82) is 0 Å². The van der Waals surface area contributed by atoms with Crippen molar-refractivity contribution in [3.05, 3.63) is 31.7 Å². The van der Waals surface area contributed by atoms with E-state index in [1.54, 1.807) is 22.7 Å². The Balaban J connectivity index is 2.04. The Bertz CT molecular complexity index is 514. The van der Waals surface area contributed by atoms with Crippen LogP contribution >= 0.6 is 22.7 Å². The smallest absolute Gasteiger partial charge is 0.0999 e. The molecule has 2 aromatic rings. The number of nitrogens with one attached hydrogen (secondary N) is 1. The van der Waals surface area contributed by atoms with Crippen LogP contribution in [0.25, 0.3) is 0 Å². The topological polar surface area (TPSA) is 37.8 Å². The Morgan fingerprint density at radius 1 is 1.22 bits per heavy atom. The highest BCUT2D eigenvalue weighted by Crippen LogP contribution is 2.22. The molecule has 2 heterocycles. The molecule has 0 unspecified atom stereocenters. The Morgan fingerprint density at radius 2 is 2.00 bits per heavy atom. The fourth-order valence-electron chi connectivity index (χ4n) is 1.64. The van der Waals surface area contributed by atoms with E-state index in [2.05, 4.69) is 41.4 Å². The molecule has 0 aliphatic carbocycles. The van der Waals surface area contributed by atoms with Crippen LogP contribution in [-0.2, 0) is 13.0 Å². The molecule has 3 nitrogen and oxygen atoms in total. The van der Waals surface area contributed by atoms with Crippen molar-refractivity contribution in [3.63, 3.8) is 0 Å². The molecule has 0 aliphatic heterocycles. The lowest BCUT2D eigenvalue weighted by Gasteiger charge is -2.05. The maximum Gasteiger partial charge on any atom is 0.0999 e. The van der Waals surface area contributed by atoms with Crippen LogP contribution in [0.1, 0.15) is 40.1 Å². The second kappa shape index (κ2) is 5.91. The minimum atomic E-state index is 0.511. The van der Waals surface area contributed by atoms with Crippen LogP contribution in [0.4, 0.5) is 0 Å². The van der Waals surface area contributed by atoms with Gasteiger partial charge in [0, 0.05) is 28.5 Å². The highest BCUT2D eigenvalue weighted by atomic mass is 32.1. The lowest BCUT2D eigenvalue weighted by molar-refractivity contribution is 0.591. The Hall–Kier alpha value is -0.780. The predicted molar refractivity (Wildman–Crippen MR) is 78.5 cm³/mol. The number of aryl methyl sites for hydroxylation is 2. The van der Waals surface area contributed by atoms with Crippen molar-refractivity contribution < 1.29 is 0 Å². The van der Waals surface area contributed by atoms with Gasteiger partial charge in [-0.1, -0.05) is 13.8 Å². The third kappa shape index (κ3) is 3.60. The van der Waals surface area contributed by atoms with E-state index < -0.39 is 0 Å². The van der Waals surface area contributed by atoms with E-state index in [9.17, 15) is 0 Å². The summed E-state index contributed by atoms with van der Waals surface area (Å²) >= 11 is 3.52. The molecular formula is C13H19N3S2. The lowest BCUT2D eigenvalue weighted by Crippen LogP contribution is -2.21. The zero-order valence-electron chi connectivity index (χ0n) is 11.3. The fourth-order valence-corrected chi connectivity index (χ4v) is 3.53. The highest BCUT2D eigenvalue weighted by molar-refractivity contribution is 7.12. The van der Waals surface area contributed by atoms with Crippen LogP contribution in [-0.4, -0.2) is 16.0 Å². The number of hydrogen-bond donors (Lipinski definition) is 1. The van der Waals surface area contributed by atoms with Crippen LogP contribution in [0.15, 0.2) is 5.38 Å². The molecule has 0 amide bonds. The van der Waals surface area contributed by atoms with Crippen molar-refractivity contribution in [2.45, 2.75) is 46.7 Å². The molecule has 0 aliphatic rings. The summed E-state index contributed by atoms with van der Waals surface area (Å²) in [6.45, 7) is 9.36. The summed E-state index contributed by atoms with van der Waals surface area (Å²) in [5, 5.41) is 7.86. The summed E-state index contributed by atoms with van der Waals surface area (Å²) in [7, 11) is 0. The van der Waals surface area contributed by atoms with Crippen LogP contribution in [0.2, 0.25) is 0 Å². The van der Waals surface area contributed by atoms with Gasteiger partial charge in [0.1, 0.15) is 0 Å². The maximum absolute atomic E-state index is 4.64. The molecule has 0 saturated heterocycles. The first-order valence-electron chi connectivity index (χ1n) is 6.14. The number of rotatable bonds is 5. The third-order valence-corrected chi connectivity index (χ3v) is 4.70. The molecule has 2 aromatic heterocycles. The van der Waals surface area contributed by atoms with Crippen molar-refractivity contribution in [3.8, 4) is 0 Å². The van der Waals surface area contributed by atoms with Gasteiger partial charge in [0.25, 0.3) is 0 Å². The first-order chi connectivity index (χ1) is 8.54. The largest absolute Gasteiger partial charge is 0.310 e. The van der Waals surface area contributed by atoms with Crippen molar-refractivity contribution in [2.75, 3.05) is 0 Å². The molecule has 0 bridgehead atoms. The Morgan fingerprint density at radius 3 is 2.61 bits per heavy atom. The van der Waals surface area contributed by atoms with Gasteiger partial charge < -0.3 is 5.32 Å². The normalized spacial score (nSPS) is 11.4. The van der Waals surface area contributed by atoms with Gasteiger partial charge in [-0.05, 0) is 13.8 Å². The molecular weight excluding hydrogens is 262 g/mol. The molecule has 0 atom stereocenters. The van der Waals surface area contributed by atoms with E-state index >= 15 is 0 Å². The van der Waals surface area contributed by atoms with E-state index in [0.29, 0.717) is 6.04 Å². The Kier molecular flexibility index (Phi) is 4.48. The SMILES string of the molecule is Cc1csc(Cc2nc(C)c(CNC(C)C)s2)n1. The van der Waals surface area contributed by atoms with Gasteiger partial charge in [-0.3, -0.25) is 0 Å². The second-order valence-corrected chi connectivity index (χ2v) is 6.82. The molecule has 5 heteroatoms. The lowest BCUT2D eigenvalue weighted by atomic mass is 10.3. The monoisotopic (exact) mass is 281 g/mol. The average Bonchev–Trinajstić information content (AvgIpc) is 2.83. The van der Waals surface area contributed by atoms with Gasteiger partial charge in [-0.2, -0.15) is 0 Å². The van der Waals surface area contributed by atoms with Crippen LogP contribution in [0.3, 0.4) is 0 Å². The van der Waals surface area contributed by atoms with E-state index in [4.69, 9.17) is 0 Å². The van der Waals surface area contributed by atoms with Gasteiger partial charge in [0.05, 0.1) is 22.1 Å². The minimum Gasteiger partial charge on any atom is -0.310 e. The van der Waals surface area contributed by atoms with Gasteiger partial charge in [-0.15, -0.1) is 22.7 Å². The van der Waals surface area contributed by atoms with Crippen molar-refractivity contribution in [1.82, 2.24) is 15.3 Å². The van der Waals surface area contributed by atoms with E-state index in [-0.39, 0.29) is 0 Å². The summed E-state index contributed by atoms with van der Waals surface area (Å²) in [6.07, 6.45) is 0.867. The summed E-state index contributed by atoms with van der Waals surface area (Å²) in [4.78, 5) is 10.5. The highest BCUT2D eigenvalue weighted by Gasteiger charge is 2.10. The molecule has 18 heavy (non-hydrogen) atoms. The quantitative estimate of drug-likeness (QED) is 0.913. The van der Waals surface area contributed by atoms with Gasteiger partial charge >= 0.3 is 0 Å². The first-order valence-corrected chi connectivity index (χ1v) is 7.83. The molecule has 0 spiro atoms. The minimum absolute atomic E-state index is 0.511.